The van der Waals surface area contributed by atoms with E-state index >= 15 is 0 Å². The molecule has 6 heteroatoms. The molecule has 1 heterocycles. The minimum Gasteiger partial charge on any atom is -0.351 e. The predicted octanol–water partition coefficient (Wildman–Crippen LogP) is 1.75. The maximum Gasteiger partial charge on any atom is 0.254 e. The molecule has 0 saturated heterocycles. The number of nitrogens with zero attached hydrogens (tertiary/aromatic N) is 2. The number of rotatable bonds is 7. The molecule has 0 aliphatic heterocycles. The predicted molar refractivity (Wildman–Crippen MR) is 78.9 cm³/mol. The van der Waals surface area contributed by atoms with Gasteiger partial charge in [-0.1, -0.05) is 20.8 Å². The molecular weight excluding hydrogens is 264 g/mol. The number of amides is 1. The van der Waals surface area contributed by atoms with Crippen LogP contribution in [0.4, 0.5) is 0 Å². The molecule has 1 aromatic heterocycles. The first-order valence-corrected chi connectivity index (χ1v) is 6.45. The Morgan fingerprint density at radius 1 is 1.32 bits per heavy atom. The highest BCUT2D eigenvalue weighted by molar-refractivity contribution is 5.95. The van der Waals surface area contributed by atoms with Gasteiger partial charge in [0.1, 0.15) is 6.33 Å². The zero-order valence-electron chi connectivity index (χ0n) is 11.8. The fraction of sp³-hybridized carbons (Fsp3) is 0.615. The highest BCUT2D eigenvalue weighted by Gasteiger charge is 2.14. The summed E-state index contributed by atoms with van der Waals surface area (Å²) in [5, 5.41) is 6.10. The second-order valence-electron chi connectivity index (χ2n) is 4.48. The zero-order chi connectivity index (χ0) is 13.4. The highest BCUT2D eigenvalue weighted by Crippen LogP contribution is 2.14. The van der Waals surface area contributed by atoms with E-state index in [0.717, 1.165) is 25.2 Å². The summed E-state index contributed by atoms with van der Waals surface area (Å²) in [7, 11) is 0. The molecule has 1 aromatic rings. The average Bonchev–Trinajstić information content (AvgIpc) is 2.38. The average molecular weight is 287 g/mol. The van der Waals surface area contributed by atoms with Crippen LogP contribution in [0.5, 0.6) is 0 Å². The Kier molecular flexibility index (Phi) is 9.08. The summed E-state index contributed by atoms with van der Waals surface area (Å²) < 4.78 is 0. The monoisotopic (exact) mass is 286 g/mol. The molecule has 1 amide bonds. The first kappa shape index (κ1) is 17.8. The lowest BCUT2D eigenvalue weighted by molar-refractivity contribution is 0.0951. The van der Waals surface area contributed by atoms with Crippen molar-refractivity contribution in [2.45, 2.75) is 33.1 Å². The molecule has 0 atom stereocenters. The van der Waals surface area contributed by atoms with Gasteiger partial charge >= 0.3 is 0 Å². The molecule has 0 radical (unpaired) electrons. The molecule has 2 N–H and O–H groups in total. The minimum absolute atomic E-state index is 0. The van der Waals surface area contributed by atoms with Crippen molar-refractivity contribution < 1.29 is 4.79 Å². The van der Waals surface area contributed by atoms with Crippen molar-refractivity contribution in [1.82, 2.24) is 20.6 Å². The number of hydrogen-bond donors (Lipinski definition) is 2. The minimum atomic E-state index is -0.0994. The normalized spacial score (nSPS) is 10.1. The Morgan fingerprint density at radius 2 is 2.05 bits per heavy atom. The van der Waals surface area contributed by atoms with Gasteiger partial charge in [-0.15, -0.1) is 12.4 Å². The quantitative estimate of drug-likeness (QED) is 0.750. The number of halogens is 1. The third-order valence-corrected chi connectivity index (χ3v) is 2.55. The second-order valence-corrected chi connectivity index (χ2v) is 4.48. The van der Waals surface area contributed by atoms with Gasteiger partial charge in [0.15, 0.2) is 0 Å². The van der Waals surface area contributed by atoms with E-state index in [1.54, 1.807) is 6.20 Å². The summed E-state index contributed by atoms with van der Waals surface area (Å²) in [4.78, 5) is 20.1. The van der Waals surface area contributed by atoms with Gasteiger partial charge in [-0.25, -0.2) is 9.97 Å². The van der Waals surface area contributed by atoms with E-state index in [2.05, 4.69) is 27.5 Å². The first-order valence-electron chi connectivity index (χ1n) is 6.45. The van der Waals surface area contributed by atoms with Crippen LogP contribution >= 0.6 is 12.4 Å². The maximum atomic E-state index is 12.0. The lowest BCUT2D eigenvalue weighted by Crippen LogP contribution is -2.32. The van der Waals surface area contributed by atoms with Crippen molar-refractivity contribution >= 4 is 18.3 Å². The Morgan fingerprint density at radius 3 is 2.68 bits per heavy atom. The molecule has 0 unspecified atom stereocenters. The molecule has 108 valence electrons. The van der Waals surface area contributed by atoms with Gasteiger partial charge < -0.3 is 10.6 Å². The number of hydrogen-bond acceptors (Lipinski definition) is 4. The Hall–Kier alpha value is -1.20. The van der Waals surface area contributed by atoms with E-state index in [-0.39, 0.29) is 24.2 Å². The van der Waals surface area contributed by atoms with Gasteiger partial charge in [-0.05, 0) is 18.9 Å². The number of nitrogens with one attached hydrogen (secondary N) is 2. The van der Waals surface area contributed by atoms with Gasteiger partial charge in [0.25, 0.3) is 5.91 Å². The fourth-order valence-electron chi connectivity index (χ4n) is 1.64. The van der Waals surface area contributed by atoms with Crippen molar-refractivity contribution in [3.8, 4) is 0 Å². The van der Waals surface area contributed by atoms with Crippen LogP contribution in [0.2, 0.25) is 0 Å². The second kappa shape index (κ2) is 9.69. The van der Waals surface area contributed by atoms with Crippen molar-refractivity contribution in [3.63, 3.8) is 0 Å². The summed E-state index contributed by atoms with van der Waals surface area (Å²) in [5.41, 5.74) is 1.37. The summed E-state index contributed by atoms with van der Waals surface area (Å²) >= 11 is 0. The summed E-state index contributed by atoms with van der Waals surface area (Å²) in [5.74, 6) is 0.115. The Balaban J connectivity index is 0.00000324. The van der Waals surface area contributed by atoms with Crippen LogP contribution in [0.1, 0.15) is 49.2 Å². The number of carbonyl (C=O) groups excluding carboxylic acids is 1. The van der Waals surface area contributed by atoms with E-state index in [1.807, 2.05) is 13.8 Å². The van der Waals surface area contributed by atoms with Crippen LogP contribution in [0.25, 0.3) is 0 Å². The highest BCUT2D eigenvalue weighted by atomic mass is 35.5. The van der Waals surface area contributed by atoms with Crippen LogP contribution in [0, 0.1) is 0 Å². The van der Waals surface area contributed by atoms with Crippen molar-refractivity contribution in [2.24, 2.45) is 0 Å². The van der Waals surface area contributed by atoms with Gasteiger partial charge in [0, 0.05) is 19.3 Å². The van der Waals surface area contributed by atoms with Crippen LogP contribution < -0.4 is 10.6 Å². The summed E-state index contributed by atoms with van der Waals surface area (Å²) in [6.07, 6.45) is 4.16. The molecule has 0 aliphatic rings. The molecule has 0 bridgehead atoms. The van der Waals surface area contributed by atoms with E-state index in [1.165, 1.54) is 6.33 Å². The molecule has 5 nitrogen and oxygen atoms in total. The molecule has 0 fully saturated rings. The number of aromatic nitrogens is 2. The topological polar surface area (TPSA) is 66.9 Å². The van der Waals surface area contributed by atoms with Gasteiger partial charge in [0.2, 0.25) is 0 Å². The Labute approximate surface area is 121 Å². The maximum absolute atomic E-state index is 12.0. The first-order chi connectivity index (χ1) is 8.66. The molecule has 0 aromatic carbocycles. The van der Waals surface area contributed by atoms with Crippen LogP contribution in [0.15, 0.2) is 12.5 Å². The van der Waals surface area contributed by atoms with Gasteiger partial charge in [0.05, 0.1) is 11.3 Å². The van der Waals surface area contributed by atoms with Gasteiger partial charge in [-0.2, -0.15) is 0 Å². The van der Waals surface area contributed by atoms with Crippen molar-refractivity contribution in [1.29, 1.82) is 0 Å². The molecule has 19 heavy (non-hydrogen) atoms. The summed E-state index contributed by atoms with van der Waals surface area (Å²) in [6, 6.07) is 0. The van der Waals surface area contributed by atoms with E-state index < -0.39 is 0 Å². The van der Waals surface area contributed by atoms with Crippen LogP contribution in [-0.2, 0) is 0 Å². The fourth-order valence-corrected chi connectivity index (χ4v) is 1.64. The lowest BCUT2D eigenvalue weighted by Gasteiger charge is -2.11. The molecule has 0 saturated carbocycles. The standard InChI is InChI=1S/C13H22N4O.ClH/c1-4-5-14-6-7-16-13(18)11-8-15-9-17-12(11)10(2)3;/h8-10,14H,4-7H2,1-3H3,(H,16,18);1H. The van der Waals surface area contributed by atoms with Crippen LogP contribution in [-0.4, -0.2) is 35.5 Å². The number of carbonyl (C=O) groups is 1. The van der Waals surface area contributed by atoms with E-state index in [9.17, 15) is 4.79 Å². The van der Waals surface area contributed by atoms with Crippen molar-refractivity contribution in [2.75, 3.05) is 19.6 Å². The van der Waals surface area contributed by atoms with Crippen molar-refractivity contribution in [3.05, 3.63) is 23.8 Å². The lowest BCUT2D eigenvalue weighted by atomic mass is 10.0. The smallest absolute Gasteiger partial charge is 0.254 e. The largest absolute Gasteiger partial charge is 0.351 e. The SMILES string of the molecule is CCCNCCNC(=O)c1cncnc1C(C)C.Cl. The van der Waals surface area contributed by atoms with E-state index in [0.29, 0.717) is 12.1 Å². The third-order valence-electron chi connectivity index (χ3n) is 2.55. The molecule has 1 rings (SSSR count). The molecular formula is C13H23ClN4O. The molecule has 0 aliphatic carbocycles. The zero-order valence-corrected chi connectivity index (χ0v) is 12.6. The Bertz CT molecular complexity index is 385. The van der Waals surface area contributed by atoms with Crippen LogP contribution in [0.3, 0.4) is 0 Å². The molecule has 0 spiro atoms. The van der Waals surface area contributed by atoms with E-state index in [4.69, 9.17) is 0 Å². The summed E-state index contributed by atoms with van der Waals surface area (Å²) in [6.45, 7) is 8.52. The third kappa shape index (κ3) is 5.98. The van der Waals surface area contributed by atoms with Gasteiger partial charge in [-0.3, -0.25) is 4.79 Å².